The van der Waals surface area contributed by atoms with Gasteiger partial charge in [-0.3, -0.25) is 0 Å². The van der Waals surface area contributed by atoms with Gasteiger partial charge in [0.2, 0.25) is 0 Å². The van der Waals surface area contributed by atoms with Crippen molar-refractivity contribution in [2.24, 2.45) is 4.40 Å². The zero-order valence-electron chi connectivity index (χ0n) is 9.95. The maximum Gasteiger partial charge on any atom is 0.144 e. The minimum absolute atomic E-state index is 0.307. The third-order valence-corrected chi connectivity index (χ3v) is 4.22. The third kappa shape index (κ3) is 3.83. The molecule has 0 N–H and O–H groups in total. The van der Waals surface area contributed by atoms with Crippen LogP contribution in [0.5, 0.6) is 0 Å². The van der Waals surface area contributed by atoms with Gasteiger partial charge in [-0.15, -0.1) is 0 Å². The average Bonchev–Trinajstić information content (AvgIpc) is 2.18. The number of hydrogen-bond acceptors (Lipinski definition) is 1. The predicted octanol–water partition coefficient (Wildman–Crippen LogP) is 3.64. The van der Waals surface area contributed by atoms with Gasteiger partial charge in [0.25, 0.3) is 0 Å². The fourth-order valence-corrected chi connectivity index (χ4v) is 1.89. The van der Waals surface area contributed by atoms with Crippen LogP contribution in [0.1, 0.15) is 31.9 Å². The molecule has 1 aromatic rings. The number of aryl methyl sites for hydroxylation is 1. The van der Waals surface area contributed by atoms with Gasteiger partial charge in [0.1, 0.15) is 11.0 Å². The second-order valence-electron chi connectivity index (χ2n) is 4.60. The van der Waals surface area contributed by atoms with Crippen molar-refractivity contribution in [3.8, 4) is 0 Å². The SMILES string of the molecule is Cc1ccc(/C=N/[S@@](=O)C(C)(C)C)cc1Br. The lowest BCUT2D eigenvalue weighted by Crippen LogP contribution is -2.19. The highest BCUT2D eigenvalue weighted by Crippen LogP contribution is 2.17. The lowest BCUT2D eigenvalue weighted by Gasteiger charge is -2.12. The van der Waals surface area contributed by atoms with Crippen LogP contribution in [0.25, 0.3) is 0 Å². The first kappa shape index (κ1) is 13.6. The molecule has 0 aliphatic rings. The smallest absolute Gasteiger partial charge is 0.144 e. The molecule has 1 rings (SSSR count). The molecular formula is C12H16BrNOS. The summed E-state index contributed by atoms with van der Waals surface area (Å²) in [6.45, 7) is 7.75. The van der Waals surface area contributed by atoms with E-state index < -0.39 is 11.0 Å². The lowest BCUT2D eigenvalue weighted by molar-refractivity contribution is 0.651. The number of halogens is 1. The first-order chi connectivity index (χ1) is 7.30. The predicted molar refractivity (Wildman–Crippen MR) is 74.4 cm³/mol. The van der Waals surface area contributed by atoms with Crippen LogP contribution in [0.3, 0.4) is 0 Å². The van der Waals surface area contributed by atoms with Crippen LogP contribution in [0.15, 0.2) is 27.1 Å². The van der Waals surface area contributed by atoms with Crippen LogP contribution in [0, 0.1) is 6.92 Å². The normalized spacial score (nSPS) is 14.3. The summed E-state index contributed by atoms with van der Waals surface area (Å²) in [4.78, 5) is 0. The number of hydrogen-bond donors (Lipinski definition) is 0. The molecule has 0 unspecified atom stereocenters. The van der Waals surface area contributed by atoms with Gasteiger partial charge in [-0.2, -0.15) is 4.40 Å². The van der Waals surface area contributed by atoms with E-state index in [0.717, 1.165) is 10.0 Å². The second kappa shape index (κ2) is 5.23. The molecule has 0 saturated heterocycles. The first-order valence-electron chi connectivity index (χ1n) is 5.03. The van der Waals surface area contributed by atoms with E-state index >= 15 is 0 Å². The molecule has 0 amide bonds. The van der Waals surface area contributed by atoms with Gasteiger partial charge in [-0.1, -0.05) is 28.1 Å². The van der Waals surface area contributed by atoms with E-state index in [0.29, 0.717) is 0 Å². The van der Waals surface area contributed by atoms with Crippen LogP contribution in [-0.4, -0.2) is 15.2 Å². The van der Waals surface area contributed by atoms with Crippen LogP contribution >= 0.6 is 15.9 Å². The van der Waals surface area contributed by atoms with E-state index in [1.807, 2.05) is 45.9 Å². The molecular weight excluding hydrogens is 286 g/mol. The molecule has 0 heterocycles. The molecule has 0 aliphatic heterocycles. The molecule has 0 saturated carbocycles. The van der Waals surface area contributed by atoms with Crippen molar-refractivity contribution in [3.05, 3.63) is 33.8 Å². The van der Waals surface area contributed by atoms with Crippen molar-refractivity contribution >= 4 is 33.1 Å². The minimum Gasteiger partial charge on any atom is -0.234 e. The Hall–Kier alpha value is -0.480. The lowest BCUT2D eigenvalue weighted by atomic mass is 10.2. The van der Waals surface area contributed by atoms with Gasteiger partial charge in [0, 0.05) is 10.7 Å². The molecule has 4 heteroatoms. The van der Waals surface area contributed by atoms with Crippen LogP contribution < -0.4 is 0 Å². The van der Waals surface area contributed by atoms with Gasteiger partial charge in [-0.25, -0.2) is 4.21 Å². The fraction of sp³-hybridized carbons (Fsp3) is 0.417. The zero-order chi connectivity index (χ0) is 12.3. The highest BCUT2D eigenvalue weighted by Gasteiger charge is 2.17. The number of benzene rings is 1. The highest BCUT2D eigenvalue weighted by molar-refractivity contribution is 9.10. The first-order valence-corrected chi connectivity index (χ1v) is 6.93. The summed E-state index contributed by atoms with van der Waals surface area (Å²) >= 11 is 3.46. The molecule has 1 aromatic carbocycles. The Labute approximate surface area is 108 Å². The van der Waals surface area contributed by atoms with Crippen LogP contribution in [0.2, 0.25) is 0 Å². The standard InChI is InChI=1S/C12H16BrNOS/c1-9-5-6-10(7-11(9)13)8-14-16(15)12(2,3)4/h5-8H,1-4H3/b14-8+/t16-/m0/s1. The van der Waals surface area contributed by atoms with Gasteiger partial charge in [0.15, 0.2) is 0 Å². The molecule has 1 atom stereocenters. The topological polar surface area (TPSA) is 29.4 Å². The monoisotopic (exact) mass is 301 g/mol. The summed E-state index contributed by atoms with van der Waals surface area (Å²) in [7, 11) is -1.20. The molecule has 0 spiro atoms. The number of nitrogens with zero attached hydrogens (tertiary/aromatic N) is 1. The second-order valence-corrected chi connectivity index (χ2v) is 7.39. The fourth-order valence-electron chi connectivity index (χ4n) is 0.956. The summed E-state index contributed by atoms with van der Waals surface area (Å²) in [6, 6.07) is 5.94. The molecule has 0 aromatic heterocycles. The molecule has 16 heavy (non-hydrogen) atoms. The largest absolute Gasteiger partial charge is 0.234 e. The quantitative estimate of drug-likeness (QED) is 0.767. The maximum absolute atomic E-state index is 11.7. The molecule has 0 aliphatic carbocycles. The van der Waals surface area contributed by atoms with Crippen molar-refractivity contribution < 1.29 is 4.21 Å². The Morgan fingerprint density at radius 1 is 1.38 bits per heavy atom. The Morgan fingerprint density at radius 3 is 2.50 bits per heavy atom. The molecule has 88 valence electrons. The van der Waals surface area contributed by atoms with E-state index in [1.54, 1.807) is 6.21 Å². The van der Waals surface area contributed by atoms with E-state index in [4.69, 9.17) is 0 Å². The summed E-state index contributed by atoms with van der Waals surface area (Å²) in [5.41, 5.74) is 2.13. The zero-order valence-corrected chi connectivity index (χ0v) is 12.4. The van der Waals surface area contributed by atoms with Crippen molar-refractivity contribution in [1.82, 2.24) is 0 Å². The number of rotatable bonds is 2. The van der Waals surface area contributed by atoms with E-state index in [1.165, 1.54) is 5.56 Å². The van der Waals surface area contributed by atoms with Crippen LogP contribution in [0.4, 0.5) is 0 Å². The Morgan fingerprint density at radius 2 is 2.00 bits per heavy atom. The molecule has 0 fully saturated rings. The third-order valence-electron chi connectivity index (χ3n) is 2.02. The van der Waals surface area contributed by atoms with E-state index in [-0.39, 0.29) is 4.75 Å². The minimum atomic E-state index is -1.20. The Balaban J connectivity index is 2.85. The Bertz CT molecular complexity index is 435. The van der Waals surface area contributed by atoms with Crippen molar-refractivity contribution in [2.45, 2.75) is 32.4 Å². The summed E-state index contributed by atoms with van der Waals surface area (Å²) in [6.07, 6.45) is 1.66. The van der Waals surface area contributed by atoms with Crippen molar-refractivity contribution in [3.63, 3.8) is 0 Å². The van der Waals surface area contributed by atoms with Crippen LogP contribution in [-0.2, 0) is 11.0 Å². The summed E-state index contributed by atoms with van der Waals surface area (Å²) in [5, 5.41) is 0. The molecule has 0 bridgehead atoms. The maximum atomic E-state index is 11.7. The average molecular weight is 302 g/mol. The van der Waals surface area contributed by atoms with Gasteiger partial charge in [-0.05, 0) is 44.9 Å². The van der Waals surface area contributed by atoms with Gasteiger partial charge < -0.3 is 0 Å². The van der Waals surface area contributed by atoms with E-state index in [9.17, 15) is 4.21 Å². The highest BCUT2D eigenvalue weighted by atomic mass is 79.9. The van der Waals surface area contributed by atoms with Crippen molar-refractivity contribution in [2.75, 3.05) is 0 Å². The molecule has 0 radical (unpaired) electrons. The van der Waals surface area contributed by atoms with Crippen molar-refractivity contribution in [1.29, 1.82) is 0 Å². The molecule has 2 nitrogen and oxygen atoms in total. The Kier molecular flexibility index (Phi) is 4.44. The summed E-state index contributed by atoms with van der Waals surface area (Å²) in [5.74, 6) is 0. The van der Waals surface area contributed by atoms with Gasteiger partial charge >= 0.3 is 0 Å². The van der Waals surface area contributed by atoms with E-state index in [2.05, 4.69) is 20.3 Å². The summed E-state index contributed by atoms with van der Waals surface area (Å²) < 4.78 is 16.5. The van der Waals surface area contributed by atoms with Gasteiger partial charge in [0.05, 0.1) is 4.75 Å².